The van der Waals surface area contributed by atoms with Crippen LogP contribution in [0.4, 0.5) is 38.5 Å². The molecule has 0 atom stereocenters. The van der Waals surface area contributed by atoms with Gasteiger partial charge in [-0.3, -0.25) is 0 Å². The maximum Gasteiger partial charge on any atom is 0.343 e. The lowest BCUT2D eigenvalue weighted by atomic mass is 10.2. The lowest BCUT2D eigenvalue weighted by molar-refractivity contribution is 0.0716. The van der Waals surface area contributed by atoms with E-state index >= 15 is 0 Å². The fourth-order valence-corrected chi connectivity index (χ4v) is 3.65. The molecule has 34 heavy (non-hydrogen) atoms. The molecule has 6 nitrogen and oxygen atoms in total. The Balaban J connectivity index is 1.56. The first-order valence-electron chi connectivity index (χ1n) is 9.49. The average molecular weight is 492 g/mol. The van der Waals surface area contributed by atoms with E-state index in [0.29, 0.717) is 15.9 Å². The maximum atomic E-state index is 13.8. The molecule has 0 aliphatic rings. The quantitative estimate of drug-likeness (QED) is 0.0777. The summed E-state index contributed by atoms with van der Waals surface area (Å²) in [5.74, 6) is -14.3. The minimum absolute atomic E-state index is 0.192. The van der Waals surface area contributed by atoms with Gasteiger partial charge in [-0.05, 0) is 42.5 Å². The van der Waals surface area contributed by atoms with Gasteiger partial charge >= 0.3 is 5.97 Å². The van der Waals surface area contributed by atoms with Crippen molar-refractivity contribution in [3.8, 4) is 5.75 Å². The normalized spacial score (nSPS) is 11.4. The van der Waals surface area contributed by atoms with Crippen molar-refractivity contribution in [3.05, 3.63) is 77.1 Å². The van der Waals surface area contributed by atoms with Crippen molar-refractivity contribution in [1.82, 2.24) is 4.98 Å². The van der Waals surface area contributed by atoms with Crippen LogP contribution in [0.2, 0.25) is 0 Å². The largest absolute Gasteiger partial charge is 0.416 e. The first-order valence-corrected chi connectivity index (χ1v) is 10.3. The highest BCUT2D eigenvalue weighted by Crippen LogP contribution is 2.32. The van der Waals surface area contributed by atoms with Gasteiger partial charge in [0.15, 0.2) is 0 Å². The Morgan fingerprint density at radius 3 is 2.12 bits per heavy atom. The van der Waals surface area contributed by atoms with E-state index in [1.54, 1.807) is 12.1 Å². The number of anilines is 1. The number of fused-ring (bicyclic) bond motifs is 1. The SMILES string of the molecule is CN(C)c1ccc(/N=N/c2nc3ccc(C(=O)Oc4c(F)c(F)c(F)c(F)c4F)cc3s2)cc1. The number of hydrogen-bond donors (Lipinski definition) is 0. The van der Waals surface area contributed by atoms with Gasteiger partial charge in [0.05, 0.1) is 21.5 Å². The molecule has 12 heteroatoms. The zero-order valence-electron chi connectivity index (χ0n) is 17.4. The summed E-state index contributed by atoms with van der Waals surface area (Å²) in [5.41, 5.74) is 1.85. The number of aromatic nitrogens is 1. The van der Waals surface area contributed by atoms with Gasteiger partial charge in [0.2, 0.25) is 40.0 Å². The van der Waals surface area contributed by atoms with Gasteiger partial charge < -0.3 is 9.64 Å². The standard InChI is InChI=1S/C22H13F5N4O2S/c1-31(2)12-6-4-11(5-7-12)29-30-22-28-13-8-3-10(9-14(13)34-22)21(32)33-20-18(26)16(24)15(23)17(25)19(20)27/h3-9H,1-2H3/b30-29+. The number of esters is 1. The number of thiazole rings is 1. The van der Waals surface area contributed by atoms with Crippen LogP contribution in [-0.2, 0) is 0 Å². The molecule has 0 amide bonds. The number of nitrogens with zero attached hydrogens (tertiary/aromatic N) is 4. The highest BCUT2D eigenvalue weighted by Gasteiger charge is 2.29. The molecule has 0 saturated carbocycles. The molecule has 174 valence electrons. The van der Waals surface area contributed by atoms with Crippen molar-refractivity contribution < 1.29 is 31.5 Å². The summed E-state index contributed by atoms with van der Waals surface area (Å²) in [4.78, 5) is 18.5. The third-order valence-electron chi connectivity index (χ3n) is 4.59. The topological polar surface area (TPSA) is 67.2 Å². The van der Waals surface area contributed by atoms with E-state index in [2.05, 4.69) is 19.9 Å². The van der Waals surface area contributed by atoms with Crippen LogP contribution < -0.4 is 9.64 Å². The van der Waals surface area contributed by atoms with E-state index < -0.39 is 40.8 Å². The van der Waals surface area contributed by atoms with E-state index in [4.69, 9.17) is 0 Å². The van der Waals surface area contributed by atoms with Gasteiger partial charge in [-0.25, -0.2) is 22.9 Å². The summed E-state index contributed by atoms with van der Waals surface area (Å²) in [6.45, 7) is 0. The number of benzene rings is 3. The molecule has 4 aromatic rings. The van der Waals surface area contributed by atoms with Gasteiger partial charge in [-0.15, -0.1) is 10.2 Å². The second-order valence-corrected chi connectivity index (χ2v) is 8.09. The van der Waals surface area contributed by atoms with Crippen molar-refractivity contribution >= 4 is 44.0 Å². The van der Waals surface area contributed by atoms with Gasteiger partial charge in [0.1, 0.15) is 0 Å². The molecule has 0 N–H and O–H groups in total. The molecule has 0 aliphatic carbocycles. The van der Waals surface area contributed by atoms with E-state index in [-0.39, 0.29) is 10.7 Å². The third-order valence-corrected chi connectivity index (χ3v) is 5.50. The highest BCUT2D eigenvalue weighted by atomic mass is 32.1. The fraction of sp³-hybridized carbons (Fsp3) is 0.0909. The zero-order chi connectivity index (χ0) is 24.6. The summed E-state index contributed by atoms with van der Waals surface area (Å²) in [6.07, 6.45) is 0. The van der Waals surface area contributed by atoms with Crippen LogP contribution in [-0.4, -0.2) is 25.0 Å². The number of carbonyl (C=O) groups excluding carboxylic acids is 1. The Hall–Kier alpha value is -3.93. The average Bonchev–Trinajstić information content (AvgIpc) is 3.25. The van der Waals surface area contributed by atoms with E-state index in [1.165, 1.54) is 18.2 Å². The Bertz CT molecular complexity index is 1410. The fourth-order valence-electron chi connectivity index (χ4n) is 2.83. The van der Waals surface area contributed by atoms with Crippen molar-refractivity contribution in [1.29, 1.82) is 0 Å². The van der Waals surface area contributed by atoms with Gasteiger partial charge in [-0.2, -0.15) is 8.78 Å². The molecular formula is C22H13F5N4O2S. The summed E-state index contributed by atoms with van der Waals surface area (Å²) < 4.78 is 72.3. The van der Waals surface area contributed by atoms with E-state index in [0.717, 1.165) is 17.0 Å². The number of hydrogen-bond acceptors (Lipinski definition) is 7. The molecule has 4 rings (SSSR count). The first kappa shape index (κ1) is 23.2. The van der Waals surface area contributed by atoms with Crippen molar-refractivity contribution in [2.24, 2.45) is 10.2 Å². The molecule has 0 aliphatic heterocycles. The number of halogens is 5. The van der Waals surface area contributed by atoms with Crippen LogP contribution in [0.25, 0.3) is 10.2 Å². The summed E-state index contributed by atoms with van der Waals surface area (Å²) >= 11 is 1.07. The Kier molecular flexibility index (Phi) is 6.24. The van der Waals surface area contributed by atoms with Crippen LogP contribution >= 0.6 is 11.3 Å². The summed E-state index contributed by atoms with van der Waals surface area (Å²) in [6, 6.07) is 11.2. The zero-order valence-corrected chi connectivity index (χ0v) is 18.3. The molecule has 1 aromatic heterocycles. The number of azo groups is 1. The van der Waals surface area contributed by atoms with Crippen LogP contribution in [0.1, 0.15) is 10.4 Å². The minimum Gasteiger partial charge on any atom is -0.416 e. The highest BCUT2D eigenvalue weighted by molar-refractivity contribution is 7.21. The second-order valence-electron chi connectivity index (χ2n) is 7.08. The van der Waals surface area contributed by atoms with Crippen LogP contribution in [0.3, 0.4) is 0 Å². The third kappa shape index (κ3) is 4.44. The molecule has 0 radical (unpaired) electrons. The molecule has 0 unspecified atom stereocenters. The molecular weight excluding hydrogens is 479 g/mol. The number of carbonyl (C=O) groups is 1. The predicted octanol–water partition coefficient (Wildman–Crippen LogP) is 6.69. The minimum atomic E-state index is -2.35. The number of rotatable bonds is 5. The second kappa shape index (κ2) is 9.14. The lowest BCUT2D eigenvalue weighted by Gasteiger charge is -2.11. The molecule has 0 saturated heterocycles. The molecule has 0 spiro atoms. The van der Waals surface area contributed by atoms with Crippen LogP contribution in [0.5, 0.6) is 5.75 Å². The van der Waals surface area contributed by atoms with E-state index in [1.807, 2.05) is 31.1 Å². The number of ether oxygens (including phenoxy) is 1. The predicted molar refractivity (Wildman–Crippen MR) is 116 cm³/mol. The molecule has 0 bridgehead atoms. The Labute approximate surface area is 192 Å². The first-order chi connectivity index (χ1) is 16.2. The maximum absolute atomic E-state index is 13.8. The van der Waals surface area contributed by atoms with Gasteiger partial charge in [-0.1, -0.05) is 11.3 Å². The van der Waals surface area contributed by atoms with Crippen molar-refractivity contribution in [2.75, 3.05) is 19.0 Å². The molecule has 1 heterocycles. The Morgan fingerprint density at radius 2 is 1.50 bits per heavy atom. The molecule has 0 fully saturated rings. The van der Waals surface area contributed by atoms with Gasteiger partial charge in [0.25, 0.3) is 0 Å². The van der Waals surface area contributed by atoms with Crippen molar-refractivity contribution in [2.45, 2.75) is 0 Å². The van der Waals surface area contributed by atoms with Gasteiger partial charge in [0, 0.05) is 19.8 Å². The summed E-state index contributed by atoms with van der Waals surface area (Å²) in [5, 5.41) is 8.45. The smallest absolute Gasteiger partial charge is 0.343 e. The van der Waals surface area contributed by atoms with Crippen LogP contribution in [0, 0.1) is 29.1 Å². The lowest BCUT2D eigenvalue weighted by Crippen LogP contribution is -2.13. The Morgan fingerprint density at radius 1 is 0.882 bits per heavy atom. The van der Waals surface area contributed by atoms with Crippen molar-refractivity contribution in [3.63, 3.8) is 0 Å². The summed E-state index contributed by atoms with van der Waals surface area (Å²) in [7, 11) is 3.82. The molecule has 3 aromatic carbocycles. The van der Waals surface area contributed by atoms with E-state index in [9.17, 15) is 26.7 Å². The van der Waals surface area contributed by atoms with Crippen LogP contribution in [0.15, 0.2) is 52.7 Å². The monoisotopic (exact) mass is 492 g/mol.